The highest BCUT2D eigenvalue weighted by Gasteiger charge is 2.13. The summed E-state index contributed by atoms with van der Waals surface area (Å²) < 4.78 is 4.84. The van der Waals surface area contributed by atoms with Gasteiger partial charge in [0.15, 0.2) is 0 Å². The topological polar surface area (TPSA) is 26.3 Å². The molecule has 0 unspecified atom stereocenters. The van der Waals surface area contributed by atoms with Crippen molar-refractivity contribution in [1.29, 1.82) is 0 Å². The van der Waals surface area contributed by atoms with Gasteiger partial charge in [-0.25, -0.2) is 4.79 Å². The standard InChI is InChI=1S/C7H10O2/c1-5-3-6(2)9-7(8)4-5/h4,6H,3H2,1-2H3/t6-/m1/s1. The van der Waals surface area contributed by atoms with E-state index in [0.717, 1.165) is 12.0 Å². The Morgan fingerprint density at radius 1 is 1.78 bits per heavy atom. The summed E-state index contributed by atoms with van der Waals surface area (Å²) in [5.41, 5.74) is 1.11. The van der Waals surface area contributed by atoms with Crippen molar-refractivity contribution < 1.29 is 9.53 Å². The minimum atomic E-state index is -0.203. The van der Waals surface area contributed by atoms with E-state index in [2.05, 4.69) is 0 Å². The Bertz CT molecular complexity index is 158. The molecule has 2 nitrogen and oxygen atoms in total. The first-order valence-corrected chi connectivity index (χ1v) is 3.06. The second-order valence-corrected chi connectivity index (χ2v) is 2.44. The van der Waals surface area contributed by atoms with E-state index < -0.39 is 0 Å². The predicted molar refractivity (Wildman–Crippen MR) is 33.9 cm³/mol. The first-order valence-electron chi connectivity index (χ1n) is 3.06. The molecule has 0 aromatic rings. The maximum atomic E-state index is 10.6. The summed E-state index contributed by atoms with van der Waals surface area (Å²) in [5.74, 6) is -0.203. The molecule has 0 bridgehead atoms. The molecule has 1 atom stereocenters. The Morgan fingerprint density at radius 2 is 2.44 bits per heavy atom. The zero-order chi connectivity index (χ0) is 6.85. The van der Waals surface area contributed by atoms with Crippen LogP contribution in [0.3, 0.4) is 0 Å². The van der Waals surface area contributed by atoms with Crippen LogP contribution in [0.4, 0.5) is 0 Å². The number of ether oxygens (including phenoxy) is 1. The van der Waals surface area contributed by atoms with Crippen LogP contribution in [0.15, 0.2) is 11.6 Å². The quantitative estimate of drug-likeness (QED) is 0.457. The Labute approximate surface area is 54.5 Å². The predicted octanol–water partition coefficient (Wildman–Crippen LogP) is 1.27. The summed E-state index contributed by atoms with van der Waals surface area (Å²) in [6.45, 7) is 3.84. The number of carbonyl (C=O) groups excluding carboxylic acids is 1. The van der Waals surface area contributed by atoms with Gasteiger partial charge in [0, 0.05) is 12.5 Å². The fraction of sp³-hybridized carbons (Fsp3) is 0.571. The molecule has 1 aliphatic heterocycles. The van der Waals surface area contributed by atoms with E-state index in [1.165, 1.54) is 0 Å². The average molecular weight is 126 g/mol. The molecule has 0 spiro atoms. The van der Waals surface area contributed by atoms with Crippen molar-refractivity contribution in [2.75, 3.05) is 0 Å². The number of rotatable bonds is 0. The molecule has 0 saturated heterocycles. The van der Waals surface area contributed by atoms with Crippen molar-refractivity contribution in [2.45, 2.75) is 26.4 Å². The smallest absolute Gasteiger partial charge is 0.330 e. The van der Waals surface area contributed by atoms with Crippen molar-refractivity contribution in [2.24, 2.45) is 0 Å². The van der Waals surface area contributed by atoms with Crippen LogP contribution in [0.5, 0.6) is 0 Å². The zero-order valence-corrected chi connectivity index (χ0v) is 5.68. The maximum Gasteiger partial charge on any atom is 0.330 e. The minimum absolute atomic E-state index is 0.0718. The van der Waals surface area contributed by atoms with Crippen molar-refractivity contribution in [3.05, 3.63) is 11.6 Å². The van der Waals surface area contributed by atoms with Crippen LogP contribution in [-0.4, -0.2) is 12.1 Å². The monoisotopic (exact) mass is 126 g/mol. The van der Waals surface area contributed by atoms with Crippen LogP contribution in [0.25, 0.3) is 0 Å². The fourth-order valence-corrected chi connectivity index (χ4v) is 0.988. The van der Waals surface area contributed by atoms with Crippen molar-refractivity contribution in [3.8, 4) is 0 Å². The Hall–Kier alpha value is -0.790. The third-order valence-corrected chi connectivity index (χ3v) is 1.29. The van der Waals surface area contributed by atoms with Crippen LogP contribution in [0.2, 0.25) is 0 Å². The van der Waals surface area contributed by atoms with Gasteiger partial charge >= 0.3 is 5.97 Å². The van der Waals surface area contributed by atoms with Crippen molar-refractivity contribution >= 4 is 5.97 Å². The lowest BCUT2D eigenvalue weighted by molar-refractivity contribution is -0.143. The van der Waals surface area contributed by atoms with E-state index in [1.807, 2.05) is 13.8 Å². The van der Waals surface area contributed by atoms with Crippen LogP contribution in [0, 0.1) is 0 Å². The number of esters is 1. The molecule has 1 rings (SSSR count). The summed E-state index contributed by atoms with van der Waals surface area (Å²) in [7, 11) is 0. The SMILES string of the molecule is CC1=CC(=O)O[C@H](C)C1. The molecule has 0 radical (unpaired) electrons. The Kier molecular flexibility index (Phi) is 1.56. The third-order valence-electron chi connectivity index (χ3n) is 1.29. The van der Waals surface area contributed by atoms with Crippen LogP contribution >= 0.6 is 0 Å². The van der Waals surface area contributed by atoms with E-state index in [0.29, 0.717) is 0 Å². The second-order valence-electron chi connectivity index (χ2n) is 2.44. The molecule has 0 aliphatic carbocycles. The molecule has 0 aromatic heterocycles. The highest BCUT2D eigenvalue weighted by Crippen LogP contribution is 2.13. The Morgan fingerprint density at radius 3 is 2.89 bits per heavy atom. The molecule has 0 N–H and O–H groups in total. The van der Waals surface area contributed by atoms with Gasteiger partial charge in [-0.2, -0.15) is 0 Å². The highest BCUT2D eigenvalue weighted by atomic mass is 16.5. The van der Waals surface area contributed by atoms with Crippen LogP contribution < -0.4 is 0 Å². The summed E-state index contributed by atoms with van der Waals surface area (Å²) in [4.78, 5) is 10.6. The molecule has 1 aliphatic rings. The molecule has 1 heterocycles. The number of hydrogen-bond donors (Lipinski definition) is 0. The summed E-state index contributed by atoms with van der Waals surface area (Å²) >= 11 is 0. The van der Waals surface area contributed by atoms with Gasteiger partial charge in [0.1, 0.15) is 6.10 Å². The molecule has 0 saturated carbocycles. The average Bonchev–Trinajstić information content (AvgIpc) is 1.59. The summed E-state index contributed by atoms with van der Waals surface area (Å²) in [6, 6.07) is 0. The van der Waals surface area contributed by atoms with Gasteiger partial charge in [0.05, 0.1) is 0 Å². The molecule has 0 fully saturated rings. The normalized spacial score (nSPS) is 27.1. The molecular formula is C7H10O2. The highest BCUT2D eigenvalue weighted by molar-refractivity contribution is 5.83. The van der Waals surface area contributed by atoms with Crippen molar-refractivity contribution in [3.63, 3.8) is 0 Å². The minimum Gasteiger partial charge on any atom is -0.459 e. The van der Waals surface area contributed by atoms with Gasteiger partial charge in [0.25, 0.3) is 0 Å². The van der Waals surface area contributed by atoms with Crippen molar-refractivity contribution in [1.82, 2.24) is 0 Å². The molecule has 0 aromatic carbocycles. The molecule has 9 heavy (non-hydrogen) atoms. The van der Waals surface area contributed by atoms with Gasteiger partial charge in [-0.1, -0.05) is 5.57 Å². The molecule has 50 valence electrons. The van der Waals surface area contributed by atoms with Gasteiger partial charge < -0.3 is 4.74 Å². The number of hydrogen-bond acceptors (Lipinski definition) is 2. The van der Waals surface area contributed by atoms with Crippen LogP contribution in [0.1, 0.15) is 20.3 Å². The van der Waals surface area contributed by atoms with Gasteiger partial charge in [0.2, 0.25) is 0 Å². The largest absolute Gasteiger partial charge is 0.459 e. The van der Waals surface area contributed by atoms with E-state index in [4.69, 9.17) is 4.74 Å². The lowest BCUT2D eigenvalue weighted by Gasteiger charge is -2.16. The maximum absolute atomic E-state index is 10.6. The van der Waals surface area contributed by atoms with Gasteiger partial charge in [-0.05, 0) is 13.8 Å². The van der Waals surface area contributed by atoms with E-state index in [-0.39, 0.29) is 12.1 Å². The zero-order valence-electron chi connectivity index (χ0n) is 5.68. The Balaban J connectivity index is 2.67. The second kappa shape index (κ2) is 2.21. The fourth-order valence-electron chi connectivity index (χ4n) is 0.988. The molecule has 0 amide bonds. The summed E-state index contributed by atoms with van der Waals surface area (Å²) in [5, 5.41) is 0. The first kappa shape index (κ1) is 6.33. The van der Waals surface area contributed by atoms with E-state index in [9.17, 15) is 4.79 Å². The number of cyclic esters (lactones) is 1. The summed E-state index contributed by atoms with van der Waals surface area (Å²) in [6.07, 6.45) is 2.49. The molecule has 2 heteroatoms. The molecular weight excluding hydrogens is 116 g/mol. The number of carbonyl (C=O) groups is 1. The lowest BCUT2D eigenvalue weighted by atomic mass is 10.1. The van der Waals surface area contributed by atoms with Crippen LogP contribution in [-0.2, 0) is 9.53 Å². The third kappa shape index (κ3) is 1.56. The van der Waals surface area contributed by atoms with E-state index in [1.54, 1.807) is 6.08 Å². The van der Waals surface area contributed by atoms with Gasteiger partial charge in [-0.3, -0.25) is 0 Å². The van der Waals surface area contributed by atoms with Gasteiger partial charge in [-0.15, -0.1) is 0 Å². The first-order chi connectivity index (χ1) is 4.18. The lowest BCUT2D eigenvalue weighted by Crippen LogP contribution is -2.18. The van der Waals surface area contributed by atoms with E-state index >= 15 is 0 Å².